The van der Waals surface area contributed by atoms with Crippen molar-refractivity contribution in [3.8, 4) is 0 Å². The minimum Gasteiger partial charge on any atom is -0.380 e. The number of fused-ring (bicyclic) bond motifs is 1. The van der Waals surface area contributed by atoms with Crippen LogP contribution in [-0.4, -0.2) is 45.7 Å². The lowest BCUT2D eigenvalue weighted by molar-refractivity contribution is 0.0863. The molecule has 5 heteroatoms. The Kier molecular flexibility index (Phi) is 1.89. The van der Waals surface area contributed by atoms with E-state index in [0.29, 0.717) is 6.54 Å². The molecule has 0 aliphatic carbocycles. The van der Waals surface area contributed by atoms with Crippen LogP contribution in [0.5, 0.6) is 0 Å². The summed E-state index contributed by atoms with van der Waals surface area (Å²) in [6.45, 7) is 1.38. The molecular formula is C7H13NO3S. The van der Waals surface area contributed by atoms with E-state index in [4.69, 9.17) is 4.74 Å². The number of methoxy groups -OCH3 is 1. The van der Waals surface area contributed by atoms with Gasteiger partial charge >= 0.3 is 0 Å². The molecule has 2 aliphatic rings. The molecule has 3 atom stereocenters. The first kappa shape index (κ1) is 8.47. The molecule has 0 spiro atoms. The van der Waals surface area contributed by atoms with Crippen LogP contribution in [-0.2, 0) is 14.6 Å². The topological polar surface area (TPSA) is 55.4 Å². The van der Waals surface area contributed by atoms with Crippen LogP contribution in [0.15, 0.2) is 0 Å². The minimum absolute atomic E-state index is 0.0880. The summed E-state index contributed by atoms with van der Waals surface area (Å²) in [5, 5.41) is 2.89. The Hall–Kier alpha value is -0.130. The smallest absolute Gasteiger partial charge is 0.157 e. The van der Waals surface area contributed by atoms with E-state index < -0.39 is 9.84 Å². The summed E-state index contributed by atoms with van der Waals surface area (Å²) in [6.07, 6.45) is -0.0880. The molecule has 2 fully saturated rings. The second-order valence-corrected chi connectivity index (χ2v) is 5.73. The lowest BCUT2D eigenvalue weighted by Crippen LogP contribution is -2.25. The fourth-order valence-electron chi connectivity index (χ4n) is 2.16. The van der Waals surface area contributed by atoms with Crippen molar-refractivity contribution in [3.63, 3.8) is 0 Å². The standard InChI is InChI=1S/C7H13NO3S/c1-11-6-4-12(9,10)7-3-8-2-5(6)7/h5-8H,2-4H2,1H3/t5-,6-,7-/m1/s1. The van der Waals surface area contributed by atoms with Crippen molar-refractivity contribution in [2.45, 2.75) is 11.4 Å². The van der Waals surface area contributed by atoms with Crippen molar-refractivity contribution in [2.75, 3.05) is 26.0 Å². The van der Waals surface area contributed by atoms with Crippen LogP contribution in [0.3, 0.4) is 0 Å². The maximum atomic E-state index is 11.5. The summed E-state index contributed by atoms with van der Waals surface area (Å²) < 4.78 is 28.1. The zero-order valence-electron chi connectivity index (χ0n) is 6.99. The molecule has 0 saturated carbocycles. The maximum Gasteiger partial charge on any atom is 0.157 e. The molecule has 2 aliphatic heterocycles. The molecule has 12 heavy (non-hydrogen) atoms. The van der Waals surface area contributed by atoms with Crippen LogP contribution in [0.1, 0.15) is 0 Å². The maximum absolute atomic E-state index is 11.5. The Bertz CT molecular complexity index is 274. The van der Waals surface area contributed by atoms with Crippen molar-refractivity contribution in [1.29, 1.82) is 0 Å². The summed E-state index contributed by atoms with van der Waals surface area (Å²) in [5.41, 5.74) is 0. The van der Waals surface area contributed by atoms with E-state index in [9.17, 15) is 8.42 Å². The van der Waals surface area contributed by atoms with E-state index in [1.165, 1.54) is 0 Å². The molecule has 2 saturated heterocycles. The highest BCUT2D eigenvalue weighted by Gasteiger charge is 2.49. The van der Waals surface area contributed by atoms with E-state index in [0.717, 1.165) is 6.54 Å². The van der Waals surface area contributed by atoms with Crippen LogP contribution >= 0.6 is 0 Å². The van der Waals surface area contributed by atoms with Gasteiger partial charge in [0, 0.05) is 26.1 Å². The average Bonchev–Trinajstić information content (AvgIpc) is 2.54. The third kappa shape index (κ3) is 1.08. The Morgan fingerprint density at radius 1 is 1.42 bits per heavy atom. The van der Waals surface area contributed by atoms with Gasteiger partial charge in [0.05, 0.1) is 17.1 Å². The van der Waals surface area contributed by atoms with E-state index in [1.807, 2.05) is 0 Å². The molecule has 4 nitrogen and oxygen atoms in total. The number of nitrogens with one attached hydrogen (secondary N) is 1. The van der Waals surface area contributed by atoms with Crippen LogP contribution in [0.25, 0.3) is 0 Å². The summed E-state index contributed by atoms with van der Waals surface area (Å²) in [5.74, 6) is 0.389. The van der Waals surface area contributed by atoms with Crippen molar-refractivity contribution in [2.24, 2.45) is 5.92 Å². The second-order valence-electron chi connectivity index (χ2n) is 3.46. The molecule has 0 radical (unpaired) electrons. The van der Waals surface area contributed by atoms with Gasteiger partial charge in [0.1, 0.15) is 0 Å². The lowest BCUT2D eigenvalue weighted by Gasteiger charge is -2.12. The first-order valence-electron chi connectivity index (χ1n) is 4.10. The zero-order valence-corrected chi connectivity index (χ0v) is 7.80. The van der Waals surface area contributed by atoms with Crippen molar-refractivity contribution in [3.05, 3.63) is 0 Å². The summed E-state index contributed by atoms with van der Waals surface area (Å²) in [7, 11) is -1.29. The first-order chi connectivity index (χ1) is 5.65. The highest BCUT2D eigenvalue weighted by Crippen LogP contribution is 2.31. The number of ether oxygens (including phenoxy) is 1. The Morgan fingerprint density at radius 3 is 2.83 bits per heavy atom. The molecule has 0 aromatic carbocycles. The summed E-state index contributed by atoms with van der Waals surface area (Å²) >= 11 is 0. The first-order valence-corrected chi connectivity index (χ1v) is 5.82. The van der Waals surface area contributed by atoms with Gasteiger partial charge in [-0.25, -0.2) is 8.42 Å². The molecule has 0 unspecified atom stereocenters. The van der Waals surface area contributed by atoms with Gasteiger partial charge in [0.25, 0.3) is 0 Å². The number of sulfone groups is 1. The van der Waals surface area contributed by atoms with Gasteiger partial charge in [-0.2, -0.15) is 0 Å². The van der Waals surface area contributed by atoms with Crippen molar-refractivity contribution >= 4 is 9.84 Å². The van der Waals surface area contributed by atoms with Crippen molar-refractivity contribution < 1.29 is 13.2 Å². The highest BCUT2D eigenvalue weighted by atomic mass is 32.2. The van der Waals surface area contributed by atoms with E-state index >= 15 is 0 Å². The number of rotatable bonds is 1. The minimum atomic E-state index is -2.87. The fourth-order valence-corrected chi connectivity index (χ4v) is 4.42. The zero-order chi connectivity index (χ0) is 8.77. The van der Waals surface area contributed by atoms with E-state index in [1.54, 1.807) is 7.11 Å². The number of hydrogen-bond donors (Lipinski definition) is 1. The SMILES string of the molecule is CO[C@@H]1CS(=O)(=O)[C@@H]2CNC[C@@H]21. The normalized spacial score (nSPS) is 44.6. The molecule has 2 heterocycles. The van der Waals surface area contributed by atoms with Gasteiger partial charge in [-0.3, -0.25) is 0 Å². The van der Waals surface area contributed by atoms with E-state index in [-0.39, 0.29) is 23.0 Å². The van der Waals surface area contributed by atoms with Gasteiger partial charge in [0.15, 0.2) is 9.84 Å². The molecule has 0 bridgehead atoms. The molecular weight excluding hydrogens is 178 g/mol. The molecule has 2 rings (SSSR count). The predicted octanol–water partition coefficient (Wildman–Crippen LogP) is -0.982. The molecule has 1 N–H and O–H groups in total. The van der Waals surface area contributed by atoms with Gasteiger partial charge in [-0.1, -0.05) is 0 Å². The predicted molar refractivity (Wildman–Crippen MR) is 44.7 cm³/mol. The highest BCUT2D eigenvalue weighted by molar-refractivity contribution is 7.92. The lowest BCUT2D eigenvalue weighted by atomic mass is 10.0. The fraction of sp³-hybridized carbons (Fsp3) is 1.00. The average molecular weight is 191 g/mol. The second kappa shape index (κ2) is 2.68. The van der Waals surface area contributed by atoms with Gasteiger partial charge in [-0.05, 0) is 0 Å². The monoisotopic (exact) mass is 191 g/mol. The quantitative estimate of drug-likeness (QED) is 0.578. The van der Waals surface area contributed by atoms with Gasteiger partial charge in [-0.15, -0.1) is 0 Å². The summed E-state index contributed by atoms with van der Waals surface area (Å²) in [4.78, 5) is 0. The van der Waals surface area contributed by atoms with Crippen LogP contribution < -0.4 is 5.32 Å². The Balaban J connectivity index is 2.28. The van der Waals surface area contributed by atoms with Gasteiger partial charge in [0.2, 0.25) is 0 Å². The molecule has 0 amide bonds. The van der Waals surface area contributed by atoms with E-state index in [2.05, 4.69) is 5.32 Å². The van der Waals surface area contributed by atoms with Crippen LogP contribution in [0, 0.1) is 5.92 Å². The molecule has 0 aromatic heterocycles. The summed E-state index contributed by atoms with van der Waals surface area (Å²) in [6, 6.07) is 0. The van der Waals surface area contributed by atoms with Crippen LogP contribution in [0.2, 0.25) is 0 Å². The van der Waals surface area contributed by atoms with Gasteiger partial charge < -0.3 is 10.1 Å². The molecule has 70 valence electrons. The Labute approximate surface area is 72.2 Å². The third-order valence-corrected chi connectivity index (χ3v) is 5.07. The molecule has 0 aromatic rings. The largest absolute Gasteiger partial charge is 0.380 e. The van der Waals surface area contributed by atoms with Crippen LogP contribution in [0.4, 0.5) is 0 Å². The Morgan fingerprint density at radius 2 is 2.17 bits per heavy atom. The number of hydrogen-bond acceptors (Lipinski definition) is 4. The van der Waals surface area contributed by atoms with Crippen molar-refractivity contribution in [1.82, 2.24) is 5.32 Å². The third-order valence-electron chi connectivity index (χ3n) is 2.84.